The van der Waals surface area contributed by atoms with Gasteiger partial charge in [0.15, 0.2) is 11.5 Å². The van der Waals surface area contributed by atoms with Crippen molar-refractivity contribution in [1.82, 2.24) is 4.90 Å². The van der Waals surface area contributed by atoms with Gasteiger partial charge in [0.25, 0.3) is 0 Å². The van der Waals surface area contributed by atoms with Gasteiger partial charge in [0.1, 0.15) is 0 Å². The Bertz CT molecular complexity index is 745. The maximum atomic E-state index is 12.9. The molecule has 1 aliphatic heterocycles. The molecule has 0 saturated carbocycles. The fourth-order valence-electron chi connectivity index (χ4n) is 3.87. The van der Waals surface area contributed by atoms with Gasteiger partial charge in [-0.25, -0.2) is 0 Å². The average Bonchev–Trinajstić information content (AvgIpc) is 2.73. The number of likely N-dealkylation sites (tertiary alicyclic amines) is 1. The topological polar surface area (TPSA) is 38.8 Å². The zero-order valence-corrected chi connectivity index (χ0v) is 16.3. The highest BCUT2D eigenvalue weighted by Crippen LogP contribution is 2.29. The standard InChI is InChI=1S/C23H29NO3/c1-26-21-14-12-19(16-22(21)27-2)11-13-20-10-6-7-15-24(20)23(25)17-18-8-4-3-5-9-18/h3-5,8-9,12,14,16,20H,6-7,10-11,13,15,17H2,1-2H3. The van der Waals surface area contributed by atoms with Gasteiger partial charge in [-0.1, -0.05) is 36.4 Å². The van der Waals surface area contributed by atoms with Gasteiger partial charge in [0.05, 0.1) is 20.6 Å². The second-order valence-electron chi connectivity index (χ2n) is 7.13. The Labute approximate surface area is 162 Å². The number of nitrogens with zero attached hydrogens (tertiary/aromatic N) is 1. The Morgan fingerprint density at radius 3 is 2.52 bits per heavy atom. The molecule has 144 valence electrons. The highest BCUT2D eigenvalue weighted by molar-refractivity contribution is 5.79. The van der Waals surface area contributed by atoms with Crippen molar-refractivity contribution in [2.24, 2.45) is 0 Å². The summed E-state index contributed by atoms with van der Waals surface area (Å²) in [4.78, 5) is 15.0. The van der Waals surface area contributed by atoms with Gasteiger partial charge in [-0.15, -0.1) is 0 Å². The van der Waals surface area contributed by atoms with E-state index in [-0.39, 0.29) is 5.91 Å². The molecular weight excluding hydrogens is 338 g/mol. The number of rotatable bonds is 7. The van der Waals surface area contributed by atoms with Crippen LogP contribution in [0.3, 0.4) is 0 Å². The molecule has 0 bridgehead atoms. The maximum absolute atomic E-state index is 12.9. The van der Waals surface area contributed by atoms with Gasteiger partial charge in [0.2, 0.25) is 5.91 Å². The van der Waals surface area contributed by atoms with Crippen LogP contribution in [0.25, 0.3) is 0 Å². The molecule has 4 heteroatoms. The average molecular weight is 367 g/mol. The molecule has 0 N–H and O–H groups in total. The van der Waals surface area contributed by atoms with Crippen LogP contribution >= 0.6 is 0 Å². The number of aryl methyl sites for hydroxylation is 1. The lowest BCUT2D eigenvalue weighted by molar-refractivity contribution is -0.134. The number of piperidine rings is 1. The number of carbonyl (C=O) groups excluding carboxylic acids is 1. The molecule has 4 nitrogen and oxygen atoms in total. The Hall–Kier alpha value is -2.49. The zero-order valence-electron chi connectivity index (χ0n) is 16.3. The summed E-state index contributed by atoms with van der Waals surface area (Å²) in [5.74, 6) is 1.76. The number of ether oxygens (including phenoxy) is 2. The fourth-order valence-corrected chi connectivity index (χ4v) is 3.87. The fraction of sp³-hybridized carbons (Fsp3) is 0.435. The molecule has 1 unspecified atom stereocenters. The number of carbonyl (C=O) groups is 1. The van der Waals surface area contributed by atoms with Crippen molar-refractivity contribution < 1.29 is 14.3 Å². The minimum absolute atomic E-state index is 0.248. The van der Waals surface area contributed by atoms with Gasteiger partial charge < -0.3 is 14.4 Å². The highest BCUT2D eigenvalue weighted by Gasteiger charge is 2.26. The lowest BCUT2D eigenvalue weighted by atomic mass is 9.95. The molecule has 2 aromatic carbocycles. The van der Waals surface area contributed by atoms with Crippen LogP contribution in [-0.4, -0.2) is 37.6 Å². The van der Waals surface area contributed by atoms with Crippen molar-refractivity contribution in [2.75, 3.05) is 20.8 Å². The van der Waals surface area contributed by atoms with Crippen molar-refractivity contribution in [2.45, 2.75) is 44.6 Å². The molecule has 27 heavy (non-hydrogen) atoms. The molecule has 0 radical (unpaired) electrons. The van der Waals surface area contributed by atoms with Crippen LogP contribution in [0.2, 0.25) is 0 Å². The second-order valence-corrected chi connectivity index (χ2v) is 7.13. The van der Waals surface area contributed by atoms with E-state index in [1.54, 1.807) is 14.2 Å². The van der Waals surface area contributed by atoms with Crippen LogP contribution in [0.5, 0.6) is 11.5 Å². The quantitative estimate of drug-likeness (QED) is 0.734. The highest BCUT2D eigenvalue weighted by atomic mass is 16.5. The third-order valence-electron chi connectivity index (χ3n) is 5.36. The lowest BCUT2D eigenvalue weighted by Crippen LogP contribution is -2.44. The van der Waals surface area contributed by atoms with Crippen molar-refractivity contribution in [3.05, 3.63) is 59.7 Å². The van der Waals surface area contributed by atoms with E-state index in [0.29, 0.717) is 12.5 Å². The van der Waals surface area contributed by atoms with Gasteiger partial charge in [-0.2, -0.15) is 0 Å². The molecule has 1 saturated heterocycles. The second kappa shape index (κ2) is 9.45. The van der Waals surface area contributed by atoms with Gasteiger partial charge in [-0.05, 0) is 55.4 Å². The first-order chi connectivity index (χ1) is 13.2. The van der Waals surface area contributed by atoms with E-state index >= 15 is 0 Å². The van der Waals surface area contributed by atoms with Crippen molar-refractivity contribution in [3.63, 3.8) is 0 Å². The predicted octanol–water partition coefficient (Wildman–Crippen LogP) is 4.26. The van der Waals surface area contributed by atoms with Crippen LogP contribution in [0.1, 0.15) is 36.8 Å². The summed E-state index contributed by atoms with van der Waals surface area (Å²) in [6, 6.07) is 16.4. The molecule has 0 aliphatic carbocycles. The van der Waals surface area contributed by atoms with E-state index in [9.17, 15) is 4.79 Å². The van der Waals surface area contributed by atoms with E-state index in [1.165, 1.54) is 12.0 Å². The number of methoxy groups -OCH3 is 2. The smallest absolute Gasteiger partial charge is 0.227 e. The SMILES string of the molecule is COc1ccc(CCC2CCCCN2C(=O)Cc2ccccc2)cc1OC. The van der Waals surface area contributed by atoms with Gasteiger partial charge in [-0.3, -0.25) is 4.79 Å². The predicted molar refractivity (Wildman–Crippen MR) is 107 cm³/mol. The normalized spacial score (nSPS) is 16.8. The summed E-state index contributed by atoms with van der Waals surface area (Å²) in [5, 5.41) is 0. The summed E-state index contributed by atoms with van der Waals surface area (Å²) in [6.07, 6.45) is 5.80. The summed E-state index contributed by atoms with van der Waals surface area (Å²) in [6.45, 7) is 0.877. The Morgan fingerprint density at radius 1 is 1.00 bits per heavy atom. The van der Waals surface area contributed by atoms with E-state index in [0.717, 1.165) is 49.3 Å². The largest absolute Gasteiger partial charge is 0.493 e. The molecule has 1 amide bonds. The number of hydrogen-bond acceptors (Lipinski definition) is 3. The Morgan fingerprint density at radius 2 is 1.78 bits per heavy atom. The first kappa shape index (κ1) is 19.3. The summed E-state index contributed by atoms with van der Waals surface area (Å²) in [7, 11) is 3.31. The van der Waals surface area contributed by atoms with Crippen LogP contribution in [-0.2, 0) is 17.6 Å². The summed E-state index contributed by atoms with van der Waals surface area (Å²) in [5.41, 5.74) is 2.31. The van der Waals surface area contributed by atoms with Crippen LogP contribution < -0.4 is 9.47 Å². The minimum atomic E-state index is 0.248. The molecule has 3 rings (SSSR count). The Kier molecular flexibility index (Phi) is 6.74. The number of hydrogen-bond donors (Lipinski definition) is 0. The third-order valence-corrected chi connectivity index (χ3v) is 5.36. The molecule has 1 fully saturated rings. The maximum Gasteiger partial charge on any atom is 0.227 e. The molecule has 0 spiro atoms. The van der Waals surface area contributed by atoms with Gasteiger partial charge in [0, 0.05) is 12.6 Å². The van der Waals surface area contributed by atoms with E-state index < -0.39 is 0 Å². The van der Waals surface area contributed by atoms with Crippen molar-refractivity contribution in [1.29, 1.82) is 0 Å². The molecular formula is C23H29NO3. The van der Waals surface area contributed by atoms with E-state index in [4.69, 9.17) is 9.47 Å². The monoisotopic (exact) mass is 367 g/mol. The minimum Gasteiger partial charge on any atom is -0.493 e. The molecule has 1 atom stereocenters. The molecule has 0 aromatic heterocycles. The molecule has 2 aromatic rings. The molecule has 1 heterocycles. The van der Waals surface area contributed by atoms with Crippen molar-refractivity contribution in [3.8, 4) is 11.5 Å². The Balaban J connectivity index is 1.63. The van der Waals surface area contributed by atoms with E-state index in [2.05, 4.69) is 11.0 Å². The molecule has 1 aliphatic rings. The number of benzene rings is 2. The van der Waals surface area contributed by atoms with Crippen LogP contribution in [0.4, 0.5) is 0 Å². The van der Waals surface area contributed by atoms with Crippen LogP contribution in [0.15, 0.2) is 48.5 Å². The zero-order chi connectivity index (χ0) is 19.1. The summed E-state index contributed by atoms with van der Waals surface area (Å²) < 4.78 is 10.7. The van der Waals surface area contributed by atoms with Crippen LogP contribution in [0, 0.1) is 0 Å². The third kappa shape index (κ3) is 5.03. The summed E-state index contributed by atoms with van der Waals surface area (Å²) >= 11 is 0. The lowest BCUT2D eigenvalue weighted by Gasteiger charge is -2.36. The number of amides is 1. The first-order valence-electron chi connectivity index (χ1n) is 9.75. The first-order valence-corrected chi connectivity index (χ1v) is 9.75. The van der Waals surface area contributed by atoms with Crippen molar-refractivity contribution >= 4 is 5.91 Å². The van der Waals surface area contributed by atoms with Gasteiger partial charge >= 0.3 is 0 Å². The van der Waals surface area contributed by atoms with E-state index in [1.807, 2.05) is 42.5 Å².